The quantitative estimate of drug-likeness (QED) is 0.828. The van der Waals surface area contributed by atoms with E-state index in [9.17, 15) is 4.79 Å². The molecule has 0 unspecified atom stereocenters. The van der Waals surface area contributed by atoms with Crippen LogP contribution in [0.5, 0.6) is 0 Å². The minimum absolute atomic E-state index is 0. The van der Waals surface area contributed by atoms with Gasteiger partial charge in [-0.05, 0) is 11.4 Å². The van der Waals surface area contributed by atoms with Crippen LogP contribution in [-0.2, 0) is 15.3 Å². The van der Waals surface area contributed by atoms with Gasteiger partial charge in [0.2, 0.25) is 0 Å². The van der Waals surface area contributed by atoms with Crippen molar-refractivity contribution in [1.29, 1.82) is 0 Å². The molecule has 1 rings (SSSR count). The molecule has 0 bridgehead atoms. The van der Waals surface area contributed by atoms with E-state index in [1.807, 2.05) is 11.4 Å². The van der Waals surface area contributed by atoms with Crippen LogP contribution in [-0.4, -0.2) is 24.9 Å². The van der Waals surface area contributed by atoms with E-state index >= 15 is 0 Å². The first kappa shape index (κ1) is 14.8. The smallest absolute Gasteiger partial charge is 0.323 e. The van der Waals surface area contributed by atoms with Crippen LogP contribution in [0.4, 0.5) is 0 Å². The largest absolute Gasteiger partial charge is 0.468 e. The molecule has 6 heteroatoms. The van der Waals surface area contributed by atoms with E-state index in [0.29, 0.717) is 5.75 Å². The second kappa shape index (κ2) is 7.98. The zero-order chi connectivity index (χ0) is 10.4. The first-order valence-corrected chi connectivity index (χ1v) is 6.21. The number of carbonyl (C=O) groups is 1. The van der Waals surface area contributed by atoms with Gasteiger partial charge in [-0.25, -0.2) is 0 Å². The summed E-state index contributed by atoms with van der Waals surface area (Å²) in [5.74, 6) is 1.16. The lowest BCUT2D eigenvalue weighted by atomic mass is 10.4. The molecule has 0 spiro atoms. The van der Waals surface area contributed by atoms with Crippen molar-refractivity contribution in [3.05, 3.63) is 22.4 Å². The molecular weight excluding hydrogens is 254 g/mol. The van der Waals surface area contributed by atoms with Crippen LogP contribution < -0.4 is 5.73 Å². The number of carbonyl (C=O) groups excluding carboxylic acids is 1. The van der Waals surface area contributed by atoms with Crippen molar-refractivity contribution in [2.45, 2.75) is 11.8 Å². The number of thioether (sulfide) groups is 1. The zero-order valence-electron chi connectivity index (χ0n) is 8.34. The van der Waals surface area contributed by atoms with Crippen LogP contribution in [0.25, 0.3) is 0 Å². The molecule has 0 aliphatic rings. The fourth-order valence-electron chi connectivity index (χ4n) is 0.901. The van der Waals surface area contributed by atoms with Gasteiger partial charge in [0.1, 0.15) is 6.04 Å². The van der Waals surface area contributed by atoms with Crippen molar-refractivity contribution in [2.24, 2.45) is 5.73 Å². The Morgan fingerprint density at radius 1 is 1.73 bits per heavy atom. The summed E-state index contributed by atoms with van der Waals surface area (Å²) in [6, 6.07) is 3.58. The van der Waals surface area contributed by atoms with Gasteiger partial charge in [-0.1, -0.05) is 6.07 Å². The first-order valence-electron chi connectivity index (χ1n) is 4.17. The molecule has 0 aromatic carbocycles. The normalized spacial score (nSPS) is 11.6. The molecule has 0 saturated carbocycles. The highest BCUT2D eigenvalue weighted by molar-refractivity contribution is 7.98. The SMILES string of the molecule is COC(=O)[C@@H](N)CSCc1cccs1.Cl. The van der Waals surface area contributed by atoms with Crippen LogP contribution in [0.15, 0.2) is 17.5 Å². The highest BCUT2D eigenvalue weighted by Gasteiger charge is 2.12. The number of nitrogens with two attached hydrogens (primary N) is 1. The monoisotopic (exact) mass is 267 g/mol. The Hall–Kier alpha value is -0.230. The number of hydrogen-bond acceptors (Lipinski definition) is 5. The number of ether oxygens (including phenoxy) is 1. The van der Waals surface area contributed by atoms with Gasteiger partial charge in [0.15, 0.2) is 0 Å². The van der Waals surface area contributed by atoms with Crippen LogP contribution >= 0.6 is 35.5 Å². The van der Waals surface area contributed by atoms with Crippen molar-refractivity contribution in [3.8, 4) is 0 Å². The van der Waals surface area contributed by atoms with E-state index in [0.717, 1.165) is 5.75 Å². The summed E-state index contributed by atoms with van der Waals surface area (Å²) in [6.07, 6.45) is 0. The molecule has 2 N–H and O–H groups in total. The van der Waals surface area contributed by atoms with Gasteiger partial charge in [-0.2, -0.15) is 11.8 Å². The van der Waals surface area contributed by atoms with Crippen molar-refractivity contribution in [2.75, 3.05) is 12.9 Å². The molecule has 15 heavy (non-hydrogen) atoms. The second-order valence-electron chi connectivity index (χ2n) is 2.72. The summed E-state index contributed by atoms with van der Waals surface area (Å²) in [5.41, 5.74) is 5.58. The third kappa shape index (κ3) is 5.41. The molecule has 0 radical (unpaired) electrons. The van der Waals surface area contributed by atoms with Crippen LogP contribution in [0.1, 0.15) is 4.88 Å². The predicted octanol–water partition coefficient (Wildman–Crippen LogP) is 1.90. The molecular formula is C9H14ClNO2S2. The van der Waals surface area contributed by atoms with Gasteiger partial charge in [0, 0.05) is 16.4 Å². The van der Waals surface area contributed by atoms with Crippen LogP contribution in [0.3, 0.4) is 0 Å². The van der Waals surface area contributed by atoms with Crippen LogP contribution in [0.2, 0.25) is 0 Å². The highest BCUT2D eigenvalue weighted by atomic mass is 35.5. The second-order valence-corrected chi connectivity index (χ2v) is 4.79. The van der Waals surface area contributed by atoms with E-state index in [1.165, 1.54) is 12.0 Å². The Bertz CT molecular complexity index is 280. The van der Waals surface area contributed by atoms with E-state index in [4.69, 9.17) is 5.73 Å². The third-order valence-electron chi connectivity index (χ3n) is 1.63. The minimum atomic E-state index is -0.509. The van der Waals surface area contributed by atoms with Crippen LogP contribution in [0, 0.1) is 0 Å². The summed E-state index contributed by atoms with van der Waals surface area (Å²) in [6.45, 7) is 0. The Labute approximate surface area is 104 Å². The summed E-state index contributed by atoms with van der Waals surface area (Å²) in [4.78, 5) is 12.2. The van der Waals surface area contributed by atoms with Crippen molar-refractivity contribution >= 4 is 41.5 Å². The van der Waals surface area contributed by atoms with Gasteiger partial charge in [-0.15, -0.1) is 23.7 Å². The molecule has 0 fully saturated rings. The Balaban J connectivity index is 0.00000196. The number of halogens is 1. The maximum absolute atomic E-state index is 10.9. The molecule has 1 aromatic rings. The van der Waals surface area contributed by atoms with E-state index in [2.05, 4.69) is 10.8 Å². The lowest BCUT2D eigenvalue weighted by Crippen LogP contribution is -2.33. The van der Waals surface area contributed by atoms with Crippen molar-refractivity contribution in [3.63, 3.8) is 0 Å². The highest BCUT2D eigenvalue weighted by Crippen LogP contribution is 2.17. The maximum Gasteiger partial charge on any atom is 0.323 e. The molecule has 86 valence electrons. The predicted molar refractivity (Wildman–Crippen MR) is 67.7 cm³/mol. The fourth-order valence-corrected chi connectivity index (χ4v) is 2.72. The number of hydrogen-bond donors (Lipinski definition) is 1. The molecule has 3 nitrogen and oxygen atoms in total. The van der Waals surface area contributed by atoms with Crippen molar-refractivity contribution < 1.29 is 9.53 Å². The molecule has 0 amide bonds. The molecule has 1 atom stereocenters. The number of thiophene rings is 1. The van der Waals surface area contributed by atoms with Gasteiger partial charge in [0.05, 0.1) is 7.11 Å². The summed E-state index contributed by atoms with van der Waals surface area (Å²) in [5, 5.41) is 2.04. The third-order valence-corrected chi connectivity index (χ3v) is 3.79. The number of esters is 1. The lowest BCUT2D eigenvalue weighted by molar-refractivity contribution is -0.141. The summed E-state index contributed by atoms with van der Waals surface area (Å²) in [7, 11) is 1.35. The van der Waals surface area contributed by atoms with E-state index in [1.54, 1.807) is 23.1 Å². The Kier molecular flexibility index (Phi) is 7.86. The fraction of sp³-hybridized carbons (Fsp3) is 0.444. The van der Waals surface area contributed by atoms with Gasteiger partial charge in [0.25, 0.3) is 0 Å². The van der Waals surface area contributed by atoms with E-state index < -0.39 is 6.04 Å². The maximum atomic E-state index is 10.9. The Morgan fingerprint density at radius 3 is 3.00 bits per heavy atom. The number of methoxy groups -OCH3 is 1. The average Bonchev–Trinajstić information content (AvgIpc) is 2.69. The molecule has 0 saturated heterocycles. The molecule has 0 aliphatic carbocycles. The van der Waals surface area contributed by atoms with Crippen molar-refractivity contribution in [1.82, 2.24) is 0 Å². The average molecular weight is 268 g/mol. The number of rotatable bonds is 5. The summed E-state index contributed by atoms with van der Waals surface area (Å²) < 4.78 is 4.53. The summed E-state index contributed by atoms with van der Waals surface area (Å²) >= 11 is 3.36. The minimum Gasteiger partial charge on any atom is -0.468 e. The van der Waals surface area contributed by atoms with Gasteiger partial charge in [-0.3, -0.25) is 4.79 Å². The zero-order valence-corrected chi connectivity index (χ0v) is 10.8. The molecule has 1 aromatic heterocycles. The molecule has 0 aliphatic heterocycles. The standard InChI is InChI=1S/C9H13NO2S2.ClH/c1-12-9(11)8(10)6-13-5-7-3-2-4-14-7;/h2-4,8H,5-6,10H2,1H3;1H/t8-;/m0./s1. The topological polar surface area (TPSA) is 52.3 Å². The van der Waals surface area contributed by atoms with Gasteiger partial charge >= 0.3 is 5.97 Å². The van der Waals surface area contributed by atoms with Gasteiger partial charge < -0.3 is 10.5 Å². The molecule has 1 heterocycles. The lowest BCUT2D eigenvalue weighted by Gasteiger charge is -2.07. The Morgan fingerprint density at radius 2 is 2.47 bits per heavy atom. The first-order chi connectivity index (χ1) is 6.74. The van der Waals surface area contributed by atoms with E-state index in [-0.39, 0.29) is 18.4 Å².